The number of nitrogens with zero attached hydrogens (tertiary/aromatic N) is 1. The minimum absolute atomic E-state index is 0.0972. The fourth-order valence-corrected chi connectivity index (χ4v) is 3.78. The van der Waals surface area contributed by atoms with Gasteiger partial charge in [0.15, 0.2) is 9.84 Å². The van der Waals surface area contributed by atoms with Crippen LogP contribution < -0.4 is 5.73 Å². The number of fused-ring (bicyclic) bond motifs is 1. The van der Waals surface area contributed by atoms with Gasteiger partial charge in [-0.3, -0.25) is 4.79 Å². The number of nitrogens with two attached hydrogens (primary N) is 1. The number of carbonyl (C=O) groups is 1. The molecule has 4 N–H and O–H groups in total. The van der Waals surface area contributed by atoms with E-state index in [4.69, 9.17) is 15.9 Å². The van der Waals surface area contributed by atoms with E-state index in [1.54, 1.807) is 29.7 Å². The maximum Gasteiger partial charge on any atom is 0.323 e. The van der Waals surface area contributed by atoms with Gasteiger partial charge in [-0.2, -0.15) is 0 Å². The Morgan fingerprint density at radius 3 is 2.27 bits per heavy atom. The molecule has 2 aromatic carbocycles. The Balaban J connectivity index is 0.000000735. The summed E-state index contributed by atoms with van der Waals surface area (Å²) in [6.07, 6.45) is 1.59. The molecule has 1 heterocycles. The van der Waals surface area contributed by atoms with Gasteiger partial charge in [0.1, 0.15) is 12.4 Å². The van der Waals surface area contributed by atoms with Gasteiger partial charge in [0.05, 0.1) is 11.5 Å². The molecule has 7 nitrogen and oxygen atoms in total. The van der Waals surface area contributed by atoms with E-state index in [2.05, 4.69) is 0 Å². The lowest BCUT2D eigenvalue weighted by molar-refractivity contribution is -0.137. The number of carboxylic acids is 1. The van der Waals surface area contributed by atoms with Crippen LogP contribution >= 0.6 is 0 Å². The molecule has 30 heavy (non-hydrogen) atoms. The Labute approximate surface area is 174 Å². The van der Waals surface area contributed by atoms with Crippen molar-refractivity contribution in [3.05, 3.63) is 65.1 Å². The van der Waals surface area contributed by atoms with Crippen LogP contribution in [-0.4, -0.2) is 48.6 Å². The number of aliphatic carboxylic acids is 1. The molecule has 0 saturated heterocycles. The van der Waals surface area contributed by atoms with Crippen LogP contribution in [0.5, 0.6) is 0 Å². The van der Waals surface area contributed by atoms with E-state index >= 15 is 0 Å². The highest BCUT2D eigenvalue weighted by Crippen LogP contribution is 2.29. The van der Waals surface area contributed by atoms with Crippen molar-refractivity contribution < 1.29 is 27.8 Å². The third-order valence-corrected chi connectivity index (χ3v) is 5.70. The molecule has 0 aliphatic heterocycles. The van der Waals surface area contributed by atoms with E-state index in [9.17, 15) is 17.6 Å². The second-order valence-electron chi connectivity index (χ2n) is 6.81. The third kappa shape index (κ3) is 5.65. The van der Waals surface area contributed by atoms with Crippen molar-refractivity contribution in [1.82, 2.24) is 4.57 Å². The van der Waals surface area contributed by atoms with Gasteiger partial charge in [-0.1, -0.05) is 12.1 Å². The predicted molar refractivity (Wildman–Crippen MR) is 113 cm³/mol. The maximum absolute atomic E-state index is 13.8. The van der Waals surface area contributed by atoms with Crippen LogP contribution in [0.15, 0.2) is 47.4 Å². The van der Waals surface area contributed by atoms with Crippen LogP contribution in [0.25, 0.3) is 10.9 Å². The molecule has 0 spiro atoms. The Kier molecular flexibility index (Phi) is 7.71. The standard InChI is InChI=1S/C19H18FNO4S.C2H7NO/c1-12-16(9-13-3-6-15(7-4-13)26(2,24)25)17-10-14(20)5-8-18(17)21(12)11-19(22)23;3-1-2-4/h3-8,10H,9,11H2,1-2H3,(H,22,23);4H,1-3H2. The van der Waals surface area contributed by atoms with Crippen molar-refractivity contribution in [2.45, 2.75) is 24.8 Å². The van der Waals surface area contributed by atoms with Crippen LogP contribution in [0.3, 0.4) is 0 Å². The van der Waals surface area contributed by atoms with E-state index in [1.165, 1.54) is 24.3 Å². The van der Waals surface area contributed by atoms with Crippen LogP contribution in [0, 0.1) is 12.7 Å². The molecule has 0 atom stereocenters. The van der Waals surface area contributed by atoms with Gasteiger partial charge >= 0.3 is 5.97 Å². The van der Waals surface area contributed by atoms with Gasteiger partial charge in [-0.15, -0.1) is 0 Å². The van der Waals surface area contributed by atoms with E-state index in [1.807, 2.05) is 0 Å². The topological polar surface area (TPSA) is 123 Å². The molecule has 3 aromatic rings. The first-order valence-electron chi connectivity index (χ1n) is 9.17. The average molecular weight is 437 g/mol. The van der Waals surface area contributed by atoms with Crippen molar-refractivity contribution in [3.63, 3.8) is 0 Å². The zero-order valence-corrected chi connectivity index (χ0v) is 17.6. The second kappa shape index (κ2) is 9.84. The Morgan fingerprint density at radius 2 is 1.77 bits per heavy atom. The highest BCUT2D eigenvalue weighted by atomic mass is 32.2. The van der Waals surface area contributed by atoms with Gasteiger partial charge in [0.25, 0.3) is 0 Å². The summed E-state index contributed by atoms with van der Waals surface area (Å²) >= 11 is 0. The lowest BCUT2D eigenvalue weighted by atomic mass is 10.0. The number of halogens is 1. The molecular weight excluding hydrogens is 411 g/mol. The van der Waals surface area contributed by atoms with E-state index in [0.29, 0.717) is 23.9 Å². The zero-order valence-electron chi connectivity index (χ0n) is 16.8. The number of aromatic nitrogens is 1. The third-order valence-electron chi connectivity index (χ3n) is 4.57. The zero-order chi connectivity index (χ0) is 22.5. The molecule has 0 amide bonds. The molecule has 0 fully saturated rings. The monoisotopic (exact) mass is 436 g/mol. The smallest absolute Gasteiger partial charge is 0.323 e. The molecule has 162 valence electrons. The lowest BCUT2D eigenvalue weighted by Crippen LogP contribution is -2.10. The molecule has 0 aliphatic carbocycles. The quantitative estimate of drug-likeness (QED) is 0.544. The maximum atomic E-state index is 13.8. The van der Waals surface area contributed by atoms with Crippen molar-refractivity contribution >= 4 is 26.7 Å². The number of rotatable bonds is 6. The summed E-state index contributed by atoms with van der Waals surface area (Å²) < 4.78 is 38.5. The normalized spacial score (nSPS) is 11.2. The van der Waals surface area contributed by atoms with Gasteiger partial charge in [0.2, 0.25) is 0 Å². The highest BCUT2D eigenvalue weighted by Gasteiger charge is 2.17. The predicted octanol–water partition coefficient (Wildman–Crippen LogP) is 2.11. The first kappa shape index (κ1) is 23.5. The van der Waals surface area contributed by atoms with Crippen molar-refractivity contribution in [1.29, 1.82) is 0 Å². The molecule has 0 unspecified atom stereocenters. The first-order valence-corrected chi connectivity index (χ1v) is 11.1. The highest BCUT2D eigenvalue weighted by molar-refractivity contribution is 7.90. The van der Waals surface area contributed by atoms with Gasteiger partial charge in [-0.05, 0) is 54.8 Å². The summed E-state index contributed by atoms with van der Waals surface area (Å²) in [6.45, 7) is 2.07. The summed E-state index contributed by atoms with van der Waals surface area (Å²) in [4.78, 5) is 11.4. The van der Waals surface area contributed by atoms with Crippen molar-refractivity contribution in [2.24, 2.45) is 5.73 Å². The van der Waals surface area contributed by atoms with Gasteiger partial charge < -0.3 is 20.5 Å². The number of carboxylic acid groups (broad SMARTS) is 1. The second-order valence-corrected chi connectivity index (χ2v) is 8.83. The van der Waals surface area contributed by atoms with Crippen LogP contribution in [0.2, 0.25) is 0 Å². The summed E-state index contributed by atoms with van der Waals surface area (Å²) in [5.41, 5.74) is 7.88. The molecule has 9 heteroatoms. The number of benzene rings is 2. The molecule has 1 aromatic heterocycles. The van der Waals surface area contributed by atoms with E-state index < -0.39 is 21.6 Å². The molecule has 0 saturated carbocycles. The Morgan fingerprint density at radius 1 is 1.17 bits per heavy atom. The minimum atomic E-state index is -3.27. The Bertz CT molecular complexity index is 1140. The summed E-state index contributed by atoms with van der Waals surface area (Å²) in [5, 5.41) is 17.6. The van der Waals surface area contributed by atoms with Gasteiger partial charge in [0, 0.05) is 29.4 Å². The number of hydrogen-bond donors (Lipinski definition) is 3. The summed E-state index contributed by atoms with van der Waals surface area (Å²) in [6, 6.07) is 10.8. The average Bonchev–Trinajstić information content (AvgIpc) is 2.92. The van der Waals surface area contributed by atoms with Crippen molar-refractivity contribution in [3.8, 4) is 0 Å². The number of aliphatic hydroxyl groups excluding tert-OH is 1. The van der Waals surface area contributed by atoms with Crippen LogP contribution in [0.1, 0.15) is 16.8 Å². The lowest BCUT2D eigenvalue weighted by Gasteiger charge is -2.06. The molecule has 0 aliphatic rings. The fraction of sp³-hybridized carbons (Fsp3) is 0.286. The van der Waals surface area contributed by atoms with Crippen LogP contribution in [0.4, 0.5) is 4.39 Å². The summed E-state index contributed by atoms with van der Waals surface area (Å²) in [5.74, 6) is -1.36. The Hall–Kier alpha value is -2.75. The molecule has 0 radical (unpaired) electrons. The van der Waals surface area contributed by atoms with Gasteiger partial charge in [-0.25, -0.2) is 12.8 Å². The van der Waals surface area contributed by atoms with Crippen LogP contribution in [-0.2, 0) is 27.6 Å². The largest absolute Gasteiger partial charge is 0.480 e. The fourth-order valence-electron chi connectivity index (χ4n) is 3.14. The SMILES string of the molecule is Cc1c(Cc2ccc(S(C)(=O)=O)cc2)c2cc(F)ccc2n1CC(=O)O.NCCO. The first-order chi connectivity index (χ1) is 14.1. The molecule has 3 rings (SSSR count). The minimum Gasteiger partial charge on any atom is -0.480 e. The number of aliphatic hydroxyl groups is 1. The summed E-state index contributed by atoms with van der Waals surface area (Å²) in [7, 11) is -3.27. The van der Waals surface area contributed by atoms with E-state index in [-0.39, 0.29) is 18.0 Å². The van der Waals surface area contributed by atoms with Crippen molar-refractivity contribution in [2.75, 3.05) is 19.4 Å². The number of hydrogen-bond acceptors (Lipinski definition) is 5. The molecule has 0 bridgehead atoms. The molecular formula is C21H25FN2O5S. The van der Waals surface area contributed by atoms with E-state index in [0.717, 1.165) is 23.1 Å². The number of sulfone groups is 1.